The lowest BCUT2D eigenvalue weighted by Gasteiger charge is -2.39. The fraction of sp³-hybridized carbons (Fsp3) is 0.625. The molecule has 0 amide bonds. The predicted octanol–water partition coefficient (Wildman–Crippen LogP) is 2.73. The molecule has 5 heteroatoms. The first-order valence-corrected chi connectivity index (χ1v) is 7.83. The molecule has 0 radical (unpaired) electrons. The molecule has 2 aliphatic rings. The molecule has 0 spiro atoms. The van der Waals surface area contributed by atoms with E-state index in [9.17, 15) is 10.1 Å². The van der Waals surface area contributed by atoms with Crippen LogP contribution in [0.3, 0.4) is 0 Å². The zero-order chi connectivity index (χ0) is 14.8. The van der Waals surface area contributed by atoms with Crippen molar-refractivity contribution in [2.75, 3.05) is 20.1 Å². The van der Waals surface area contributed by atoms with Crippen LogP contribution in [0.25, 0.3) is 0 Å². The van der Waals surface area contributed by atoms with Gasteiger partial charge in [0, 0.05) is 30.3 Å². The Morgan fingerprint density at radius 3 is 2.81 bits per heavy atom. The van der Waals surface area contributed by atoms with Gasteiger partial charge in [0.05, 0.1) is 4.92 Å². The lowest BCUT2D eigenvalue weighted by atomic mass is 9.84. The van der Waals surface area contributed by atoms with Crippen molar-refractivity contribution in [1.82, 2.24) is 10.2 Å². The number of para-hydroxylation sites is 1. The van der Waals surface area contributed by atoms with Crippen LogP contribution in [0.5, 0.6) is 0 Å². The second-order valence-corrected chi connectivity index (χ2v) is 6.33. The number of hydrogen-bond donors (Lipinski definition) is 1. The smallest absolute Gasteiger partial charge is 0.274 e. The molecular weight excluding hydrogens is 266 g/mol. The highest BCUT2D eigenvalue weighted by atomic mass is 16.6. The van der Waals surface area contributed by atoms with Gasteiger partial charge in [-0.15, -0.1) is 0 Å². The fourth-order valence-electron chi connectivity index (χ4n) is 3.47. The summed E-state index contributed by atoms with van der Waals surface area (Å²) < 4.78 is 0. The van der Waals surface area contributed by atoms with E-state index in [0.717, 1.165) is 25.1 Å². The van der Waals surface area contributed by atoms with Gasteiger partial charge in [-0.3, -0.25) is 15.0 Å². The molecule has 0 aromatic heterocycles. The van der Waals surface area contributed by atoms with E-state index in [0.29, 0.717) is 12.0 Å². The molecule has 1 aromatic carbocycles. The summed E-state index contributed by atoms with van der Waals surface area (Å²) in [7, 11) is 2.09. The Balaban J connectivity index is 1.85. The Morgan fingerprint density at radius 2 is 2.10 bits per heavy atom. The molecule has 1 saturated carbocycles. The van der Waals surface area contributed by atoms with Crippen LogP contribution in [0.4, 0.5) is 5.69 Å². The third-order valence-electron chi connectivity index (χ3n) is 4.71. The van der Waals surface area contributed by atoms with Gasteiger partial charge in [-0.1, -0.05) is 18.2 Å². The van der Waals surface area contributed by atoms with Crippen molar-refractivity contribution in [3.8, 4) is 0 Å². The van der Waals surface area contributed by atoms with Crippen molar-refractivity contribution in [3.05, 3.63) is 39.9 Å². The van der Waals surface area contributed by atoms with Gasteiger partial charge in [-0.05, 0) is 45.2 Å². The maximum absolute atomic E-state index is 11.3. The number of piperidine rings is 1. The molecule has 114 valence electrons. The highest BCUT2D eigenvalue weighted by molar-refractivity contribution is 5.42. The van der Waals surface area contributed by atoms with E-state index in [1.54, 1.807) is 12.1 Å². The second-order valence-electron chi connectivity index (χ2n) is 6.33. The Kier molecular flexibility index (Phi) is 4.22. The quantitative estimate of drug-likeness (QED) is 0.669. The van der Waals surface area contributed by atoms with E-state index in [2.05, 4.69) is 17.3 Å². The van der Waals surface area contributed by atoms with E-state index in [1.807, 2.05) is 12.1 Å². The molecule has 2 atom stereocenters. The minimum atomic E-state index is -0.247. The molecule has 1 N–H and O–H groups in total. The van der Waals surface area contributed by atoms with Gasteiger partial charge in [-0.25, -0.2) is 0 Å². The maximum atomic E-state index is 11.3. The van der Waals surface area contributed by atoms with Crippen molar-refractivity contribution in [2.45, 2.75) is 37.8 Å². The third kappa shape index (κ3) is 3.24. The van der Waals surface area contributed by atoms with Crippen molar-refractivity contribution < 1.29 is 4.92 Å². The van der Waals surface area contributed by atoms with Crippen LogP contribution < -0.4 is 5.32 Å². The molecule has 1 aliphatic carbocycles. The molecule has 2 fully saturated rings. The normalized spacial score (nSPS) is 26.7. The summed E-state index contributed by atoms with van der Waals surface area (Å²) in [5.41, 5.74) is 1.12. The molecule has 1 saturated heterocycles. The van der Waals surface area contributed by atoms with Crippen LogP contribution in [0.15, 0.2) is 24.3 Å². The van der Waals surface area contributed by atoms with Crippen LogP contribution in [0.1, 0.15) is 37.3 Å². The zero-order valence-corrected chi connectivity index (χ0v) is 12.5. The molecule has 1 aromatic rings. The van der Waals surface area contributed by atoms with Gasteiger partial charge in [0.1, 0.15) is 0 Å². The lowest BCUT2D eigenvalue weighted by molar-refractivity contribution is -0.386. The molecular formula is C16H23N3O2. The van der Waals surface area contributed by atoms with Crippen LogP contribution in [-0.4, -0.2) is 36.0 Å². The molecule has 5 nitrogen and oxygen atoms in total. The highest BCUT2D eigenvalue weighted by Gasteiger charge is 2.35. The van der Waals surface area contributed by atoms with Gasteiger partial charge in [-0.2, -0.15) is 0 Å². The number of nitrogens with zero attached hydrogens (tertiary/aromatic N) is 2. The van der Waals surface area contributed by atoms with E-state index >= 15 is 0 Å². The van der Waals surface area contributed by atoms with E-state index < -0.39 is 0 Å². The summed E-state index contributed by atoms with van der Waals surface area (Å²) in [4.78, 5) is 13.4. The van der Waals surface area contributed by atoms with Crippen LogP contribution in [0.2, 0.25) is 0 Å². The topological polar surface area (TPSA) is 58.4 Å². The second kappa shape index (κ2) is 6.12. The molecule has 2 unspecified atom stereocenters. The summed E-state index contributed by atoms with van der Waals surface area (Å²) in [6, 6.07) is 8.05. The number of nitro benzene ring substituents is 1. The Bertz CT molecular complexity index is 516. The minimum absolute atomic E-state index is 0.145. The zero-order valence-electron chi connectivity index (χ0n) is 12.5. The summed E-state index contributed by atoms with van der Waals surface area (Å²) in [6.07, 6.45) is 4.86. The molecule has 1 aliphatic heterocycles. The van der Waals surface area contributed by atoms with Crippen LogP contribution in [0, 0.1) is 16.0 Å². The lowest BCUT2D eigenvalue weighted by Crippen LogP contribution is -2.41. The number of likely N-dealkylation sites (tertiary alicyclic amines) is 1. The third-order valence-corrected chi connectivity index (χ3v) is 4.71. The number of benzene rings is 1. The molecule has 1 heterocycles. The summed E-state index contributed by atoms with van der Waals surface area (Å²) in [5.74, 6) is 0.449. The van der Waals surface area contributed by atoms with Crippen molar-refractivity contribution in [2.24, 2.45) is 5.92 Å². The van der Waals surface area contributed by atoms with E-state index in [-0.39, 0.29) is 16.7 Å². The van der Waals surface area contributed by atoms with Gasteiger partial charge >= 0.3 is 0 Å². The number of nitrogens with one attached hydrogen (secondary N) is 1. The first-order valence-electron chi connectivity index (χ1n) is 7.83. The standard InChI is InChI=1S/C16H23N3O2/c1-18-10-4-5-12(11-17-13-8-9-13)16(18)14-6-2-3-7-15(14)19(20)21/h2-3,6-7,12-13,16-17H,4-5,8-11H2,1H3. The highest BCUT2D eigenvalue weighted by Crippen LogP contribution is 2.39. The maximum Gasteiger partial charge on any atom is 0.274 e. The first kappa shape index (κ1) is 14.5. The van der Waals surface area contributed by atoms with Crippen LogP contribution >= 0.6 is 0 Å². The van der Waals surface area contributed by atoms with Crippen molar-refractivity contribution >= 4 is 5.69 Å². The van der Waals surface area contributed by atoms with Gasteiger partial charge in [0.25, 0.3) is 5.69 Å². The molecule has 21 heavy (non-hydrogen) atoms. The molecule has 0 bridgehead atoms. The fourth-order valence-corrected chi connectivity index (χ4v) is 3.47. The van der Waals surface area contributed by atoms with Crippen molar-refractivity contribution in [1.29, 1.82) is 0 Å². The average Bonchev–Trinajstić information content (AvgIpc) is 3.29. The summed E-state index contributed by atoms with van der Waals surface area (Å²) in [5, 5.41) is 14.9. The minimum Gasteiger partial charge on any atom is -0.314 e. The Labute approximate surface area is 125 Å². The summed E-state index contributed by atoms with van der Waals surface area (Å²) >= 11 is 0. The SMILES string of the molecule is CN1CCCC(CNC2CC2)C1c1ccccc1[N+](=O)[O-]. The largest absolute Gasteiger partial charge is 0.314 e. The predicted molar refractivity (Wildman–Crippen MR) is 82.2 cm³/mol. The Morgan fingerprint density at radius 1 is 1.33 bits per heavy atom. The van der Waals surface area contributed by atoms with E-state index in [4.69, 9.17) is 0 Å². The number of hydrogen-bond acceptors (Lipinski definition) is 4. The van der Waals surface area contributed by atoms with E-state index in [1.165, 1.54) is 19.3 Å². The van der Waals surface area contributed by atoms with Gasteiger partial charge in [0.15, 0.2) is 0 Å². The first-order chi connectivity index (χ1) is 10.2. The van der Waals surface area contributed by atoms with Crippen LogP contribution in [-0.2, 0) is 0 Å². The molecule has 3 rings (SSSR count). The Hall–Kier alpha value is -1.46. The van der Waals surface area contributed by atoms with Gasteiger partial charge in [0.2, 0.25) is 0 Å². The monoisotopic (exact) mass is 289 g/mol. The number of rotatable bonds is 5. The average molecular weight is 289 g/mol. The van der Waals surface area contributed by atoms with Crippen molar-refractivity contribution in [3.63, 3.8) is 0 Å². The summed E-state index contributed by atoms with van der Waals surface area (Å²) in [6.45, 7) is 1.97. The van der Waals surface area contributed by atoms with Gasteiger partial charge < -0.3 is 5.32 Å². The number of nitro groups is 1.